The molecular weight excluding hydrogens is 929 g/mol. The van der Waals surface area contributed by atoms with E-state index in [1.54, 1.807) is 0 Å². The van der Waals surface area contributed by atoms with E-state index in [0.717, 1.165) is 56.0 Å². The van der Waals surface area contributed by atoms with E-state index < -0.39 is 5.41 Å². The van der Waals surface area contributed by atoms with Crippen LogP contribution in [-0.2, 0) is 5.41 Å². The van der Waals surface area contributed by atoms with Gasteiger partial charge in [0.1, 0.15) is 11.5 Å². The lowest BCUT2D eigenvalue weighted by molar-refractivity contribution is 0.436. The van der Waals surface area contributed by atoms with Gasteiger partial charge in [0.05, 0.1) is 5.41 Å². The van der Waals surface area contributed by atoms with Crippen LogP contribution in [0.25, 0.3) is 79.5 Å². The van der Waals surface area contributed by atoms with Crippen LogP contribution in [0.2, 0.25) is 0 Å². The fraction of sp³-hybridized carbons (Fsp3) is 0.0435. The minimum absolute atomic E-state index is 0.00123. The molecule has 2 aromatic heterocycles. The predicted molar refractivity (Wildman–Crippen MR) is 298 cm³/mol. The van der Waals surface area contributed by atoms with Crippen molar-refractivity contribution in [2.24, 2.45) is 0 Å². The van der Waals surface area contributed by atoms with Gasteiger partial charge in [-0.3, -0.25) is 0 Å². The first-order chi connectivity index (χ1) is 37.7. The van der Waals surface area contributed by atoms with Gasteiger partial charge < -0.3 is 4.74 Å². The number of aromatic nitrogens is 6. The van der Waals surface area contributed by atoms with E-state index in [0.29, 0.717) is 34.9 Å². The van der Waals surface area contributed by atoms with Gasteiger partial charge in [0.2, 0.25) is 0 Å². The molecule has 2 bridgehead atoms. The van der Waals surface area contributed by atoms with Crippen LogP contribution in [0.15, 0.2) is 243 Å². The maximum atomic E-state index is 6.65. The van der Waals surface area contributed by atoms with E-state index in [1.807, 2.05) is 54.6 Å². The molecule has 10 aromatic carbocycles. The summed E-state index contributed by atoms with van der Waals surface area (Å²) in [5.41, 5.74) is 19.7. The summed E-state index contributed by atoms with van der Waals surface area (Å²) >= 11 is 0. The minimum Gasteiger partial charge on any atom is -0.457 e. The fourth-order valence-corrected chi connectivity index (χ4v) is 12.8. The summed E-state index contributed by atoms with van der Waals surface area (Å²) in [4.78, 5) is 31.2. The molecule has 12 aromatic rings. The highest BCUT2D eigenvalue weighted by molar-refractivity contribution is 5.90. The van der Waals surface area contributed by atoms with Crippen LogP contribution in [-0.4, -0.2) is 29.9 Å². The van der Waals surface area contributed by atoms with Crippen LogP contribution >= 0.6 is 0 Å². The van der Waals surface area contributed by atoms with Gasteiger partial charge in [-0.15, -0.1) is 0 Å². The number of benzene rings is 10. The molecule has 1 aliphatic heterocycles. The van der Waals surface area contributed by atoms with Gasteiger partial charge >= 0.3 is 0 Å². The second-order valence-electron chi connectivity index (χ2n) is 20.0. The van der Waals surface area contributed by atoms with Crippen LogP contribution in [0.5, 0.6) is 11.5 Å². The zero-order valence-electron chi connectivity index (χ0n) is 40.8. The lowest BCUT2D eigenvalue weighted by Gasteiger charge is -2.42. The fourth-order valence-electron chi connectivity index (χ4n) is 12.8. The summed E-state index contributed by atoms with van der Waals surface area (Å²) in [6.07, 6.45) is 0. The first-order valence-corrected chi connectivity index (χ1v) is 25.8. The number of para-hydroxylation sites is 2. The second kappa shape index (κ2) is 16.5. The van der Waals surface area contributed by atoms with E-state index in [-0.39, 0.29) is 11.8 Å². The third-order valence-electron chi connectivity index (χ3n) is 16.0. The molecule has 0 saturated carbocycles. The average molecular weight is 971 g/mol. The van der Waals surface area contributed by atoms with Crippen molar-refractivity contribution in [2.75, 3.05) is 0 Å². The Morgan fingerprint density at radius 1 is 0.250 bits per heavy atom. The zero-order chi connectivity index (χ0) is 49.9. The summed E-state index contributed by atoms with van der Waals surface area (Å²) in [6.45, 7) is 0. The maximum absolute atomic E-state index is 6.65. The van der Waals surface area contributed by atoms with Crippen LogP contribution in [0.4, 0.5) is 0 Å². The molecule has 4 aliphatic carbocycles. The van der Waals surface area contributed by atoms with Crippen molar-refractivity contribution in [1.29, 1.82) is 0 Å². The predicted octanol–water partition coefficient (Wildman–Crippen LogP) is 15.5. The number of ether oxygens (including phenoxy) is 1. The number of rotatable bonds is 6. The molecule has 0 radical (unpaired) electrons. The highest BCUT2D eigenvalue weighted by atomic mass is 16.5. The molecule has 0 fully saturated rings. The Hall–Kier alpha value is -9.98. The number of hydrogen-bond donors (Lipinski definition) is 0. The Morgan fingerprint density at radius 3 is 1.07 bits per heavy atom. The van der Waals surface area contributed by atoms with Gasteiger partial charge in [-0.05, 0) is 86.0 Å². The van der Waals surface area contributed by atoms with Gasteiger partial charge in [0.15, 0.2) is 34.9 Å². The third kappa shape index (κ3) is 6.29. The van der Waals surface area contributed by atoms with Crippen molar-refractivity contribution in [3.8, 4) is 91.0 Å². The standard InChI is InChI=1S/C69H42N6O/c1-4-18-41(19-5-1)63-70-64(42-20-6-2-7-21-42)72-66(71-63)44-33-36-51-53(38-44)61-49-25-10-11-26-50(49)62(51)54-39-45(34-37-52(54)61)67-73-65(43-22-8-3-9-23-43)74-68(75-67)46-32-35-48-47-24-12-13-27-55(47)69(58(48)40-46)56-28-14-16-30-59(56)76-60-31-17-15-29-57(60)69/h1-40,61-62H. The lowest BCUT2D eigenvalue weighted by Crippen LogP contribution is -2.32. The summed E-state index contributed by atoms with van der Waals surface area (Å²) in [7, 11) is 0. The molecule has 17 rings (SSSR count). The van der Waals surface area contributed by atoms with E-state index in [9.17, 15) is 0 Å². The SMILES string of the molecule is c1ccc(-c2nc(-c3ccccc3)nc(-c3ccc4c(c3)C3c5ccccc5C4c4cc(-c5nc(-c6ccccc6)nc(-c6ccc7c(c6)C6(c8ccccc8Oc8ccccc86)c6ccccc6-7)n5)ccc43)n2)cc1. The summed E-state index contributed by atoms with van der Waals surface area (Å²) in [5.74, 6) is 5.48. The van der Waals surface area contributed by atoms with Crippen molar-refractivity contribution < 1.29 is 4.74 Å². The highest BCUT2D eigenvalue weighted by Gasteiger charge is 2.51. The molecule has 0 amide bonds. The molecular formula is C69H42N6O. The first-order valence-electron chi connectivity index (χ1n) is 25.8. The molecule has 2 atom stereocenters. The van der Waals surface area contributed by atoms with Crippen LogP contribution < -0.4 is 4.74 Å². The molecule has 2 unspecified atom stereocenters. The molecule has 0 N–H and O–H groups in total. The Morgan fingerprint density at radius 2 is 0.592 bits per heavy atom. The summed E-state index contributed by atoms with van der Waals surface area (Å²) in [6, 6.07) is 85.6. The maximum Gasteiger partial charge on any atom is 0.164 e. The van der Waals surface area contributed by atoms with Gasteiger partial charge in [0, 0.05) is 56.3 Å². The molecule has 7 nitrogen and oxygen atoms in total. The Balaban J connectivity index is 0.840. The Bertz CT molecular complexity index is 4250. The van der Waals surface area contributed by atoms with Crippen molar-refractivity contribution in [3.05, 3.63) is 298 Å². The van der Waals surface area contributed by atoms with Crippen LogP contribution in [0.3, 0.4) is 0 Å². The lowest BCUT2D eigenvalue weighted by atomic mass is 9.61. The molecule has 7 heteroatoms. The molecule has 1 spiro atoms. The molecule has 5 aliphatic rings. The quantitative estimate of drug-likeness (QED) is 0.164. The molecule has 76 heavy (non-hydrogen) atoms. The van der Waals surface area contributed by atoms with Crippen molar-refractivity contribution in [2.45, 2.75) is 17.3 Å². The second-order valence-corrected chi connectivity index (χ2v) is 20.0. The first kappa shape index (κ1) is 42.5. The van der Waals surface area contributed by atoms with Gasteiger partial charge in [-0.25, -0.2) is 29.9 Å². The number of fused-ring (bicyclic) bond motifs is 9. The number of hydrogen-bond acceptors (Lipinski definition) is 7. The van der Waals surface area contributed by atoms with E-state index in [1.165, 1.54) is 55.6 Å². The normalized spacial score (nSPS) is 15.3. The van der Waals surface area contributed by atoms with Crippen LogP contribution in [0, 0.1) is 0 Å². The van der Waals surface area contributed by atoms with Gasteiger partial charge in [-0.1, -0.05) is 212 Å². The number of nitrogens with zero attached hydrogens (tertiary/aromatic N) is 6. The van der Waals surface area contributed by atoms with E-state index in [2.05, 4.69) is 188 Å². The summed E-state index contributed by atoms with van der Waals surface area (Å²) in [5, 5.41) is 0. The minimum atomic E-state index is -0.627. The van der Waals surface area contributed by atoms with Gasteiger partial charge in [0.25, 0.3) is 0 Å². The average Bonchev–Trinajstić information content (AvgIpc) is 3.99. The Labute approximate surface area is 439 Å². The highest BCUT2D eigenvalue weighted by Crippen LogP contribution is 2.62. The summed E-state index contributed by atoms with van der Waals surface area (Å²) < 4.78 is 6.65. The van der Waals surface area contributed by atoms with Gasteiger partial charge in [-0.2, -0.15) is 0 Å². The molecule has 3 heterocycles. The monoisotopic (exact) mass is 970 g/mol. The van der Waals surface area contributed by atoms with Crippen molar-refractivity contribution in [1.82, 2.24) is 29.9 Å². The Kier molecular flexibility index (Phi) is 9.24. The largest absolute Gasteiger partial charge is 0.457 e. The smallest absolute Gasteiger partial charge is 0.164 e. The topological polar surface area (TPSA) is 86.6 Å². The van der Waals surface area contributed by atoms with E-state index >= 15 is 0 Å². The van der Waals surface area contributed by atoms with E-state index in [4.69, 9.17) is 34.6 Å². The third-order valence-corrected chi connectivity index (χ3v) is 16.0. The molecule has 0 saturated heterocycles. The zero-order valence-corrected chi connectivity index (χ0v) is 40.8. The molecule has 354 valence electrons. The van der Waals surface area contributed by atoms with Crippen molar-refractivity contribution in [3.63, 3.8) is 0 Å². The van der Waals surface area contributed by atoms with Crippen molar-refractivity contribution >= 4 is 0 Å². The van der Waals surface area contributed by atoms with Crippen LogP contribution in [0.1, 0.15) is 67.5 Å².